The second kappa shape index (κ2) is 8.74. The monoisotopic (exact) mass is 463 g/mol. The minimum atomic E-state index is -0.527. The summed E-state index contributed by atoms with van der Waals surface area (Å²) in [5.74, 6) is -0.995. The molecule has 3 N–H and O–H groups in total. The fraction of sp³-hybridized carbons (Fsp3) is 0.136. The number of nitriles is 1. The van der Waals surface area contributed by atoms with E-state index in [0.29, 0.717) is 21.5 Å². The predicted octanol–water partition coefficient (Wildman–Crippen LogP) is 4.61. The summed E-state index contributed by atoms with van der Waals surface area (Å²) in [5.41, 5.74) is 8.90. The number of nitrogens with zero attached hydrogens (tertiary/aromatic N) is 3. The van der Waals surface area contributed by atoms with Crippen molar-refractivity contribution in [2.75, 3.05) is 17.7 Å². The van der Waals surface area contributed by atoms with Gasteiger partial charge < -0.3 is 15.8 Å². The third-order valence-electron chi connectivity index (χ3n) is 4.72. The number of ether oxygens (including phenoxy) is 1. The fourth-order valence-electron chi connectivity index (χ4n) is 3.14. The van der Waals surface area contributed by atoms with Crippen LogP contribution in [0.1, 0.15) is 37.4 Å². The molecule has 32 heavy (non-hydrogen) atoms. The van der Waals surface area contributed by atoms with E-state index in [1.165, 1.54) is 11.3 Å². The summed E-state index contributed by atoms with van der Waals surface area (Å²) in [6.45, 7) is 3.56. The van der Waals surface area contributed by atoms with E-state index in [1.54, 1.807) is 26.2 Å². The highest BCUT2D eigenvalue weighted by Gasteiger charge is 2.24. The number of thiophene rings is 2. The molecule has 0 saturated heterocycles. The van der Waals surface area contributed by atoms with Crippen LogP contribution in [0.2, 0.25) is 0 Å². The van der Waals surface area contributed by atoms with Crippen molar-refractivity contribution in [3.63, 3.8) is 0 Å². The number of pyridine rings is 2. The maximum Gasteiger partial charge on any atom is 0.348 e. The van der Waals surface area contributed by atoms with Gasteiger partial charge in [-0.1, -0.05) is 0 Å². The number of amides is 1. The Labute approximate surface area is 191 Å². The van der Waals surface area contributed by atoms with Crippen LogP contribution in [0.3, 0.4) is 0 Å². The Kier molecular flexibility index (Phi) is 5.85. The molecule has 0 spiro atoms. The Morgan fingerprint density at radius 1 is 1.19 bits per heavy atom. The van der Waals surface area contributed by atoms with Gasteiger partial charge in [-0.15, -0.1) is 22.7 Å². The van der Waals surface area contributed by atoms with Crippen LogP contribution in [0, 0.1) is 18.3 Å². The molecule has 8 nitrogen and oxygen atoms in total. The second-order valence-corrected chi connectivity index (χ2v) is 8.70. The van der Waals surface area contributed by atoms with Crippen molar-refractivity contribution in [3.05, 3.63) is 57.5 Å². The summed E-state index contributed by atoms with van der Waals surface area (Å²) in [4.78, 5) is 35.0. The van der Waals surface area contributed by atoms with Gasteiger partial charge in [-0.05, 0) is 43.7 Å². The van der Waals surface area contributed by atoms with Gasteiger partial charge in [-0.3, -0.25) is 9.78 Å². The van der Waals surface area contributed by atoms with E-state index in [0.717, 1.165) is 22.6 Å². The van der Waals surface area contributed by atoms with Gasteiger partial charge in [0, 0.05) is 23.3 Å². The minimum Gasteiger partial charge on any atom is -0.462 e. The maximum atomic E-state index is 13.0. The number of hydrogen-bond donors (Lipinski definition) is 2. The van der Waals surface area contributed by atoms with Gasteiger partial charge in [-0.25, -0.2) is 9.78 Å². The van der Waals surface area contributed by atoms with Gasteiger partial charge in [0.05, 0.1) is 23.6 Å². The van der Waals surface area contributed by atoms with Gasteiger partial charge in [0.25, 0.3) is 5.91 Å². The van der Waals surface area contributed by atoms with Crippen LogP contribution < -0.4 is 11.1 Å². The number of fused-ring (bicyclic) bond motifs is 1. The van der Waals surface area contributed by atoms with E-state index in [9.17, 15) is 14.9 Å². The van der Waals surface area contributed by atoms with Crippen LogP contribution in [0.25, 0.3) is 21.5 Å². The molecule has 160 valence electrons. The number of nitrogens with two attached hydrogens (primary N) is 1. The van der Waals surface area contributed by atoms with Crippen LogP contribution in [-0.2, 0) is 4.74 Å². The van der Waals surface area contributed by atoms with Crippen LogP contribution in [0.4, 0.5) is 10.7 Å². The molecule has 0 fully saturated rings. The molecule has 1 amide bonds. The third-order valence-corrected chi connectivity index (χ3v) is 7.02. The van der Waals surface area contributed by atoms with Crippen molar-refractivity contribution in [3.8, 4) is 17.3 Å². The minimum absolute atomic E-state index is 0.215. The highest BCUT2D eigenvalue weighted by atomic mass is 32.1. The highest BCUT2D eigenvalue weighted by molar-refractivity contribution is 7.21. The molecular formula is C22H17N5O3S2. The molecular weight excluding hydrogens is 446 g/mol. The molecule has 0 saturated carbocycles. The number of carbonyl (C=O) groups is 2. The highest BCUT2D eigenvalue weighted by Crippen LogP contribution is 2.37. The zero-order valence-corrected chi connectivity index (χ0v) is 18.8. The first-order valence-corrected chi connectivity index (χ1v) is 11.2. The number of hydrogen-bond acceptors (Lipinski definition) is 9. The molecule has 0 aromatic carbocycles. The van der Waals surface area contributed by atoms with E-state index in [4.69, 9.17) is 10.5 Å². The SMILES string of the molecule is CCOC(=O)c1sc(NC(=O)c2sc3nc(-c4ccncc4)ccc3c2N)c(C#N)c1C. The zero-order valence-electron chi connectivity index (χ0n) is 17.1. The van der Waals surface area contributed by atoms with Crippen molar-refractivity contribution in [2.24, 2.45) is 0 Å². The van der Waals surface area contributed by atoms with Gasteiger partial charge in [-0.2, -0.15) is 5.26 Å². The molecule has 10 heteroatoms. The van der Waals surface area contributed by atoms with Crippen molar-refractivity contribution >= 4 is 55.5 Å². The average molecular weight is 464 g/mol. The van der Waals surface area contributed by atoms with Crippen molar-refractivity contribution in [1.29, 1.82) is 5.26 Å². The van der Waals surface area contributed by atoms with Gasteiger partial charge in [0.1, 0.15) is 25.7 Å². The molecule has 4 aromatic heterocycles. The predicted molar refractivity (Wildman–Crippen MR) is 125 cm³/mol. The lowest BCUT2D eigenvalue weighted by atomic mass is 10.1. The van der Waals surface area contributed by atoms with Crippen molar-refractivity contribution in [1.82, 2.24) is 9.97 Å². The van der Waals surface area contributed by atoms with Crippen LogP contribution in [-0.4, -0.2) is 28.5 Å². The number of esters is 1. The maximum absolute atomic E-state index is 13.0. The van der Waals surface area contributed by atoms with E-state index >= 15 is 0 Å². The fourth-order valence-corrected chi connectivity index (χ4v) is 5.17. The zero-order chi connectivity index (χ0) is 22.8. The molecule has 0 unspecified atom stereocenters. The Hall–Kier alpha value is -3.81. The second-order valence-electron chi connectivity index (χ2n) is 6.68. The average Bonchev–Trinajstić information content (AvgIpc) is 3.30. The Bertz CT molecular complexity index is 1390. The Morgan fingerprint density at radius 2 is 1.94 bits per heavy atom. The van der Waals surface area contributed by atoms with E-state index < -0.39 is 11.9 Å². The standard InChI is InChI=1S/C22H17N5O3S2/c1-3-30-22(29)17-11(2)14(10-23)21(31-17)27-19(28)18-16(24)13-4-5-15(26-20(13)32-18)12-6-8-25-9-7-12/h4-9H,3,24H2,1-2H3,(H,27,28). The summed E-state index contributed by atoms with van der Waals surface area (Å²) in [7, 11) is 0. The van der Waals surface area contributed by atoms with Crippen LogP contribution in [0.5, 0.6) is 0 Å². The van der Waals surface area contributed by atoms with Gasteiger partial charge in [0.15, 0.2) is 0 Å². The largest absolute Gasteiger partial charge is 0.462 e. The summed E-state index contributed by atoms with van der Waals surface area (Å²) in [6, 6.07) is 9.41. The molecule has 4 aromatic rings. The molecule has 0 aliphatic heterocycles. The number of anilines is 2. The van der Waals surface area contributed by atoms with Gasteiger partial charge in [0.2, 0.25) is 0 Å². The molecule has 0 aliphatic rings. The molecule has 0 atom stereocenters. The number of rotatable bonds is 5. The first-order valence-electron chi connectivity index (χ1n) is 9.56. The smallest absolute Gasteiger partial charge is 0.348 e. The number of aromatic nitrogens is 2. The van der Waals surface area contributed by atoms with Crippen LogP contribution in [0.15, 0.2) is 36.7 Å². The van der Waals surface area contributed by atoms with E-state index in [-0.39, 0.29) is 26.9 Å². The van der Waals surface area contributed by atoms with E-state index in [1.807, 2.05) is 30.3 Å². The lowest BCUT2D eigenvalue weighted by Gasteiger charge is -2.02. The normalized spacial score (nSPS) is 10.7. The summed E-state index contributed by atoms with van der Waals surface area (Å²) in [6.07, 6.45) is 3.37. The van der Waals surface area contributed by atoms with Crippen molar-refractivity contribution in [2.45, 2.75) is 13.8 Å². The number of nitrogen functional groups attached to an aromatic ring is 1. The summed E-state index contributed by atoms with van der Waals surface area (Å²) >= 11 is 2.17. The molecule has 0 radical (unpaired) electrons. The van der Waals surface area contributed by atoms with E-state index in [2.05, 4.69) is 15.3 Å². The number of nitrogens with one attached hydrogen (secondary N) is 1. The first-order chi connectivity index (χ1) is 15.4. The first kappa shape index (κ1) is 21.4. The summed E-state index contributed by atoms with van der Waals surface area (Å²) < 4.78 is 5.04. The molecule has 4 heterocycles. The number of carbonyl (C=O) groups excluding carboxylic acids is 2. The molecule has 4 rings (SSSR count). The third kappa shape index (κ3) is 3.79. The Balaban J connectivity index is 1.68. The lowest BCUT2D eigenvalue weighted by molar-refractivity contribution is 0.0531. The van der Waals surface area contributed by atoms with Crippen LogP contribution >= 0.6 is 22.7 Å². The van der Waals surface area contributed by atoms with Crippen molar-refractivity contribution < 1.29 is 14.3 Å². The van der Waals surface area contributed by atoms with Gasteiger partial charge >= 0.3 is 5.97 Å². The topological polar surface area (TPSA) is 131 Å². The Morgan fingerprint density at radius 3 is 2.62 bits per heavy atom. The molecule has 0 aliphatic carbocycles. The molecule has 0 bridgehead atoms. The quantitative estimate of drug-likeness (QED) is 0.413. The summed E-state index contributed by atoms with van der Waals surface area (Å²) in [5, 5.41) is 13.2. The lowest BCUT2D eigenvalue weighted by Crippen LogP contribution is -2.11.